The van der Waals surface area contributed by atoms with Crippen LogP contribution < -0.4 is 5.43 Å². The van der Waals surface area contributed by atoms with Gasteiger partial charge in [0.2, 0.25) is 0 Å². The highest BCUT2D eigenvalue weighted by molar-refractivity contribution is 6.00. The number of fused-ring (bicyclic) bond motifs is 1. The van der Waals surface area contributed by atoms with Gasteiger partial charge in [0.25, 0.3) is 5.91 Å². The molecular weight excluding hydrogens is 286 g/mol. The second-order valence-corrected chi connectivity index (χ2v) is 5.39. The number of rotatable bonds is 3. The molecule has 0 aliphatic carbocycles. The Balaban J connectivity index is 1.78. The fourth-order valence-electron chi connectivity index (χ4n) is 2.23. The summed E-state index contributed by atoms with van der Waals surface area (Å²) in [6.45, 7) is 3.81. The maximum absolute atomic E-state index is 12.1. The second kappa shape index (κ2) is 6.40. The number of hydrogen-bond acceptors (Lipinski definition) is 3. The lowest BCUT2D eigenvalue weighted by Crippen LogP contribution is -2.19. The molecule has 1 amide bonds. The summed E-state index contributed by atoms with van der Waals surface area (Å²) in [5.41, 5.74) is 6.58. The van der Waals surface area contributed by atoms with Crippen molar-refractivity contribution in [2.45, 2.75) is 13.8 Å². The molecule has 0 spiro atoms. The van der Waals surface area contributed by atoms with Crippen LogP contribution in [0.2, 0.25) is 0 Å². The second-order valence-electron chi connectivity index (χ2n) is 5.39. The highest BCUT2D eigenvalue weighted by atomic mass is 16.2. The third kappa shape index (κ3) is 3.43. The van der Waals surface area contributed by atoms with E-state index in [2.05, 4.69) is 15.5 Å². The smallest absolute Gasteiger partial charge is 0.267 e. The summed E-state index contributed by atoms with van der Waals surface area (Å²) < 4.78 is 0. The Morgan fingerprint density at radius 2 is 1.74 bits per heavy atom. The number of carbonyl (C=O) groups is 1. The minimum absolute atomic E-state index is 0.231. The van der Waals surface area contributed by atoms with Crippen LogP contribution >= 0.6 is 0 Å². The first-order valence-electron chi connectivity index (χ1n) is 7.41. The number of nitrogens with zero attached hydrogens (tertiary/aromatic N) is 2. The zero-order valence-electron chi connectivity index (χ0n) is 13.1. The summed E-state index contributed by atoms with van der Waals surface area (Å²) >= 11 is 0. The van der Waals surface area contributed by atoms with Crippen molar-refractivity contribution in [3.63, 3.8) is 0 Å². The average Bonchev–Trinajstić information content (AvgIpc) is 2.59. The van der Waals surface area contributed by atoms with Gasteiger partial charge in [-0.05, 0) is 38.1 Å². The van der Waals surface area contributed by atoms with Crippen molar-refractivity contribution in [1.29, 1.82) is 0 Å². The number of benzene rings is 2. The van der Waals surface area contributed by atoms with Crippen molar-refractivity contribution < 1.29 is 4.79 Å². The van der Waals surface area contributed by atoms with E-state index in [-0.39, 0.29) is 5.91 Å². The zero-order valence-corrected chi connectivity index (χ0v) is 13.1. The fraction of sp³-hybridized carbons (Fsp3) is 0.105. The average molecular weight is 303 g/mol. The number of hydrogen-bond donors (Lipinski definition) is 1. The zero-order chi connectivity index (χ0) is 16.2. The highest BCUT2D eigenvalue weighted by Gasteiger charge is 2.05. The molecule has 4 heteroatoms. The normalized spacial score (nSPS) is 11.5. The highest BCUT2D eigenvalue weighted by Crippen LogP contribution is 2.12. The lowest BCUT2D eigenvalue weighted by atomic mass is 10.1. The molecule has 2 aromatic carbocycles. The Morgan fingerprint density at radius 1 is 1.00 bits per heavy atom. The van der Waals surface area contributed by atoms with Crippen molar-refractivity contribution in [2.75, 3.05) is 0 Å². The van der Waals surface area contributed by atoms with E-state index in [1.54, 1.807) is 12.1 Å². The first-order valence-corrected chi connectivity index (χ1v) is 7.41. The predicted molar refractivity (Wildman–Crippen MR) is 92.6 cm³/mol. The van der Waals surface area contributed by atoms with Crippen molar-refractivity contribution in [2.24, 2.45) is 5.10 Å². The van der Waals surface area contributed by atoms with Gasteiger partial charge in [0.15, 0.2) is 0 Å². The van der Waals surface area contributed by atoms with E-state index >= 15 is 0 Å². The van der Waals surface area contributed by atoms with Crippen LogP contribution in [0, 0.1) is 6.92 Å². The van der Waals surface area contributed by atoms with Crippen LogP contribution in [-0.4, -0.2) is 16.6 Å². The largest absolute Gasteiger partial charge is 0.271 e. The van der Waals surface area contributed by atoms with Gasteiger partial charge in [0.05, 0.1) is 16.9 Å². The molecule has 0 unspecified atom stereocenters. The molecule has 0 saturated carbocycles. The van der Waals surface area contributed by atoms with Crippen LogP contribution in [0.1, 0.15) is 28.5 Å². The quantitative estimate of drug-likeness (QED) is 0.592. The number of hydrazone groups is 1. The molecule has 0 atom stereocenters. The maximum atomic E-state index is 12.1. The van der Waals surface area contributed by atoms with E-state index in [0.717, 1.165) is 22.2 Å². The molecule has 0 saturated heterocycles. The van der Waals surface area contributed by atoms with Gasteiger partial charge in [-0.2, -0.15) is 5.10 Å². The molecule has 1 N–H and O–H groups in total. The maximum Gasteiger partial charge on any atom is 0.271 e. The Hall–Kier alpha value is -3.01. The fourth-order valence-corrected chi connectivity index (χ4v) is 2.23. The van der Waals surface area contributed by atoms with Gasteiger partial charge in [0.1, 0.15) is 0 Å². The number of aryl methyl sites for hydroxylation is 1. The van der Waals surface area contributed by atoms with Crippen LogP contribution in [0.5, 0.6) is 0 Å². The molecule has 0 aliphatic rings. The summed E-state index contributed by atoms with van der Waals surface area (Å²) in [7, 11) is 0. The summed E-state index contributed by atoms with van der Waals surface area (Å²) in [5.74, 6) is -0.231. The number of pyridine rings is 1. The molecule has 0 radical (unpaired) electrons. The number of amides is 1. The van der Waals surface area contributed by atoms with Crippen LogP contribution in [0.4, 0.5) is 0 Å². The van der Waals surface area contributed by atoms with Gasteiger partial charge in [-0.15, -0.1) is 0 Å². The van der Waals surface area contributed by atoms with E-state index in [4.69, 9.17) is 0 Å². The monoisotopic (exact) mass is 303 g/mol. The number of para-hydroxylation sites is 1. The Bertz CT molecular complexity index is 883. The Kier molecular flexibility index (Phi) is 4.15. The van der Waals surface area contributed by atoms with Gasteiger partial charge < -0.3 is 0 Å². The van der Waals surface area contributed by atoms with Crippen molar-refractivity contribution in [3.05, 3.63) is 77.5 Å². The number of carbonyl (C=O) groups excluding carboxylic acids is 1. The molecule has 0 aliphatic heterocycles. The summed E-state index contributed by atoms with van der Waals surface area (Å²) in [5, 5.41) is 5.23. The summed E-state index contributed by atoms with van der Waals surface area (Å²) in [6, 6.07) is 19.2. The van der Waals surface area contributed by atoms with E-state index in [0.29, 0.717) is 11.3 Å². The van der Waals surface area contributed by atoms with Crippen molar-refractivity contribution >= 4 is 22.5 Å². The van der Waals surface area contributed by atoms with E-state index in [1.165, 1.54) is 0 Å². The van der Waals surface area contributed by atoms with E-state index < -0.39 is 0 Å². The SMILES string of the molecule is C/C(=N\NC(=O)c1ccc(C)cc1)c1ccc2ccccc2n1. The molecule has 1 aromatic heterocycles. The van der Waals surface area contributed by atoms with Crippen LogP contribution in [0.25, 0.3) is 10.9 Å². The summed E-state index contributed by atoms with van der Waals surface area (Å²) in [6.07, 6.45) is 0. The standard InChI is InChI=1S/C19H17N3O/c1-13-7-9-16(10-8-13)19(23)22-21-14(2)17-12-11-15-5-3-4-6-18(15)20-17/h3-12H,1-2H3,(H,22,23)/b21-14+. The molecule has 4 nitrogen and oxygen atoms in total. The molecule has 114 valence electrons. The molecule has 3 aromatic rings. The molecule has 1 heterocycles. The molecule has 23 heavy (non-hydrogen) atoms. The first kappa shape index (κ1) is 14.9. The molecular formula is C19H17N3O. The van der Waals surface area contributed by atoms with Gasteiger partial charge in [0, 0.05) is 10.9 Å². The lowest BCUT2D eigenvalue weighted by molar-refractivity contribution is 0.0955. The summed E-state index contributed by atoms with van der Waals surface area (Å²) in [4.78, 5) is 16.6. The van der Waals surface area contributed by atoms with Crippen LogP contribution in [0.15, 0.2) is 65.8 Å². The van der Waals surface area contributed by atoms with Gasteiger partial charge in [-0.3, -0.25) is 4.79 Å². The topological polar surface area (TPSA) is 54.4 Å². The number of aromatic nitrogens is 1. The van der Waals surface area contributed by atoms with Crippen molar-refractivity contribution in [1.82, 2.24) is 10.4 Å². The van der Waals surface area contributed by atoms with E-state index in [1.807, 2.05) is 62.4 Å². The Labute approximate surface area is 134 Å². The minimum atomic E-state index is -0.231. The van der Waals surface area contributed by atoms with Crippen LogP contribution in [-0.2, 0) is 0 Å². The Morgan fingerprint density at radius 3 is 2.52 bits per heavy atom. The minimum Gasteiger partial charge on any atom is -0.267 e. The van der Waals surface area contributed by atoms with Gasteiger partial charge in [-0.25, -0.2) is 10.4 Å². The van der Waals surface area contributed by atoms with Crippen LogP contribution in [0.3, 0.4) is 0 Å². The molecule has 0 bridgehead atoms. The predicted octanol–water partition coefficient (Wildman–Crippen LogP) is 3.70. The number of nitrogens with one attached hydrogen (secondary N) is 1. The molecule has 3 rings (SSSR count). The first-order chi connectivity index (χ1) is 11.1. The third-order valence-corrected chi connectivity index (χ3v) is 3.61. The van der Waals surface area contributed by atoms with Gasteiger partial charge in [-0.1, -0.05) is 42.0 Å². The molecule has 0 fully saturated rings. The lowest BCUT2D eigenvalue weighted by Gasteiger charge is -2.04. The van der Waals surface area contributed by atoms with Crippen molar-refractivity contribution in [3.8, 4) is 0 Å². The third-order valence-electron chi connectivity index (χ3n) is 3.61. The van der Waals surface area contributed by atoms with E-state index in [9.17, 15) is 4.79 Å². The van der Waals surface area contributed by atoms with Gasteiger partial charge >= 0.3 is 0 Å².